The number of imidazole rings is 1. The van der Waals surface area contributed by atoms with Crippen molar-refractivity contribution in [2.24, 2.45) is 5.11 Å². The fourth-order valence-corrected chi connectivity index (χ4v) is 3.91. The molecule has 0 amide bonds. The molecule has 5 N–H and O–H groups in total. The Hall–Kier alpha value is -3.28. The molecule has 30 heavy (non-hydrogen) atoms. The summed E-state index contributed by atoms with van der Waals surface area (Å²) in [5.74, 6) is 0.113. The molecule has 1 aromatic carbocycles. The van der Waals surface area contributed by atoms with E-state index in [0.717, 1.165) is 5.56 Å². The Morgan fingerprint density at radius 2 is 2.03 bits per heavy atom. The van der Waals surface area contributed by atoms with Gasteiger partial charge < -0.3 is 25.8 Å². The van der Waals surface area contributed by atoms with Gasteiger partial charge in [0, 0.05) is 11.3 Å². The first kappa shape index (κ1) is 20.0. The summed E-state index contributed by atoms with van der Waals surface area (Å²) in [6.07, 6.45) is 0.0801. The molecule has 4 atom stereocenters. The lowest BCUT2D eigenvalue weighted by Crippen LogP contribution is -2.56. The Morgan fingerprint density at radius 3 is 2.73 bits per heavy atom. The summed E-state index contributed by atoms with van der Waals surface area (Å²) in [6.45, 7) is -0.610. The lowest BCUT2D eigenvalue weighted by atomic mass is 9.89. The Bertz CT molecular complexity index is 1100. The molecule has 0 aliphatic carbocycles. The van der Waals surface area contributed by atoms with Crippen molar-refractivity contribution in [3.05, 3.63) is 59.0 Å². The van der Waals surface area contributed by atoms with Gasteiger partial charge in [-0.2, -0.15) is 0 Å². The Morgan fingerprint density at radius 1 is 1.27 bits per heavy atom. The smallest absolute Gasteiger partial charge is 0.220 e. The molecule has 0 bridgehead atoms. The largest absolute Gasteiger partial charge is 0.394 e. The molecule has 12 heteroatoms. The third kappa shape index (κ3) is 2.86. The molecule has 3 aromatic rings. The number of aryl methyl sites for hydroxylation is 1. The minimum absolute atomic E-state index is 0.0649. The molecule has 1 fully saturated rings. The molecule has 1 aliphatic rings. The third-order valence-corrected chi connectivity index (χ3v) is 5.41. The van der Waals surface area contributed by atoms with Crippen molar-refractivity contribution >= 4 is 17.0 Å². The number of hydrogen-bond acceptors (Lipinski definition) is 9. The number of nitrogens with zero attached hydrogens (tertiary/aromatic N) is 7. The van der Waals surface area contributed by atoms with E-state index in [9.17, 15) is 15.3 Å². The zero-order valence-electron chi connectivity index (χ0n) is 15.8. The molecule has 0 spiro atoms. The number of nitrogen functional groups attached to an aromatic ring is 1. The van der Waals surface area contributed by atoms with Gasteiger partial charge in [0.05, 0.1) is 12.9 Å². The Labute approximate surface area is 170 Å². The number of azide groups is 1. The van der Waals surface area contributed by atoms with E-state index in [4.69, 9.17) is 16.0 Å². The summed E-state index contributed by atoms with van der Waals surface area (Å²) in [4.78, 5) is 15.0. The van der Waals surface area contributed by atoms with Gasteiger partial charge in [0.15, 0.2) is 17.2 Å². The summed E-state index contributed by atoms with van der Waals surface area (Å²) >= 11 is 0. The normalized spacial score (nSPS) is 28.5. The third-order valence-electron chi connectivity index (χ3n) is 5.41. The molecular formula is C18H20N8O4. The van der Waals surface area contributed by atoms with Crippen LogP contribution in [0.5, 0.6) is 0 Å². The number of aliphatic hydroxyl groups is 3. The van der Waals surface area contributed by atoms with Gasteiger partial charge in [-0.15, -0.1) is 0 Å². The summed E-state index contributed by atoms with van der Waals surface area (Å²) in [5, 5.41) is 35.3. The highest BCUT2D eigenvalue weighted by Gasteiger charge is 2.66. The van der Waals surface area contributed by atoms with Crippen LogP contribution in [0, 0.1) is 0 Å². The molecule has 0 radical (unpaired) electrons. The lowest BCUT2D eigenvalue weighted by Gasteiger charge is -2.39. The summed E-state index contributed by atoms with van der Waals surface area (Å²) in [5.41, 5.74) is 12.1. The number of rotatable bonds is 6. The summed E-state index contributed by atoms with van der Waals surface area (Å²) in [6, 6.07) is 9.38. The molecule has 2 aromatic heterocycles. The predicted molar refractivity (Wildman–Crippen MR) is 105 cm³/mol. The van der Waals surface area contributed by atoms with Crippen LogP contribution in [-0.4, -0.2) is 59.4 Å². The minimum Gasteiger partial charge on any atom is -0.394 e. The van der Waals surface area contributed by atoms with E-state index in [1.54, 1.807) is 0 Å². The number of ether oxygens (including phenoxy) is 1. The van der Waals surface area contributed by atoms with Crippen molar-refractivity contribution in [2.45, 2.75) is 36.5 Å². The zero-order valence-corrected chi connectivity index (χ0v) is 15.8. The number of aromatic nitrogens is 4. The Balaban J connectivity index is 1.92. The van der Waals surface area contributed by atoms with Crippen LogP contribution in [0.2, 0.25) is 0 Å². The van der Waals surface area contributed by atoms with E-state index in [0.29, 0.717) is 6.42 Å². The monoisotopic (exact) mass is 412 g/mol. The molecule has 1 aliphatic heterocycles. The van der Waals surface area contributed by atoms with E-state index in [-0.39, 0.29) is 23.4 Å². The minimum atomic E-state index is -2.46. The van der Waals surface area contributed by atoms with E-state index in [2.05, 4.69) is 25.0 Å². The van der Waals surface area contributed by atoms with Crippen LogP contribution < -0.4 is 5.73 Å². The van der Waals surface area contributed by atoms with Gasteiger partial charge in [-0.1, -0.05) is 35.4 Å². The maximum absolute atomic E-state index is 11.4. The van der Waals surface area contributed by atoms with Gasteiger partial charge in [-0.05, 0) is 17.5 Å². The number of nitrogens with two attached hydrogens (primary N) is 1. The number of fused-ring (bicyclic) bond motifs is 1. The second-order valence-corrected chi connectivity index (χ2v) is 7.01. The number of hydrogen-bond donors (Lipinski definition) is 4. The van der Waals surface area contributed by atoms with Gasteiger partial charge >= 0.3 is 0 Å². The topological polar surface area (TPSA) is 188 Å². The summed E-state index contributed by atoms with van der Waals surface area (Å²) in [7, 11) is 0. The molecule has 12 nitrogen and oxygen atoms in total. The number of aliphatic hydroxyl groups excluding tert-OH is 2. The van der Waals surface area contributed by atoms with E-state index in [1.165, 1.54) is 17.2 Å². The maximum atomic E-state index is 11.4. The molecule has 3 heterocycles. The second-order valence-electron chi connectivity index (χ2n) is 7.01. The van der Waals surface area contributed by atoms with Crippen molar-refractivity contribution in [2.75, 3.05) is 12.3 Å². The number of benzene rings is 1. The first-order valence-corrected chi connectivity index (χ1v) is 9.20. The highest BCUT2D eigenvalue weighted by molar-refractivity contribution is 5.81. The van der Waals surface area contributed by atoms with Crippen LogP contribution in [0.1, 0.15) is 12.0 Å². The quantitative estimate of drug-likeness (QED) is 0.255. The molecule has 4 rings (SSSR count). The average molecular weight is 412 g/mol. The summed E-state index contributed by atoms with van der Waals surface area (Å²) < 4.78 is 7.37. The van der Waals surface area contributed by atoms with Gasteiger partial charge in [0.2, 0.25) is 5.72 Å². The number of anilines is 1. The van der Waals surface area contributed by atoms with Crippen LogP contribution in [0.15, 0.2) is 48.1 Å². The van der Waals surface area contributed by atoms with Gasteiger partial charge in [0.25, 0.3) is 0 Å². The fraction of sp³-hybridized carbons (Fsp3) is 0.389. The molecule has 1 saturated heterocycles. The average Bonchev–Trinajstić information content (AvgIpc) is 3.28. The van der Waals surface area contributed by atoms with Gasteiger partial charge in [-0.3, -0.25) is 4.57 Å². The van der Waals surface area contributed by atoms with Crippen molar-refractivity contribution in [3.8, 4) is 0 Å². The van der Waals surface area contributed by atoms with Gasteiger partial charge in [0.1, 0.15) is 24.1 Å². The van der Waals surface area contributed by atoms with E-state index in [1.807, 2.05) is 30.3 Å². The first-order valence-electron chi connectivity index (χ1n) is 9.20. The predicted octanol–water partition coefficient (Wildman–Crippen LogP) is 0.445. The van der Waals surface area contributed by atoms with Crippen LogP contribution in [-0.2, 0) is 16.9 Å². The van der Waals surface area contributed by atoms with Crippen molar-refractivity contribution in [1.82, 2.24) is 19.5 Å². The second kappa shape index (κ2) is 7.52. The molecule has 156 valence electrons. The Kier molecular flexibility index (Phi) is 5.02. The van der Waals surface area contributed by atoms with Crippen molar-refractivity contribution in [3.63, 3.8) is 0 Å². The molecular weight excluding hydrogens is 392 g/mol. The van der Waals surface area contributed by atoms with Gasteiger partial charge in [-0.25, -0.2) is 15.0 Å². The van der Waals surface area contributed by atoms with Crippen LogP contribution in [0.25, 0.3) is 21.6 Å². The van der Waals surface area contributed by atoms with Crippen LogP contribution >= 0.6 is 0 Å². The lowest BCUT2D eigenvalue weighted by molar-refractivity contribution is -0.195. The molecule has 0 saturated carbocycles. The van der Waals surface area contributed by atoms with Crippen molar-refractivity contribution < 1.29 is 20.1 Å². The first-order chi connectivity index (χ1) is 14.5. The standard InChI is InChI=1S/C18H20N8O4/c19-15-13-16(22-9-21-15)26(10-23-13)17(7-6-11-4-2-1-3-5-11)18(29,24-25-20)14(28)12(8-27)30-17/h1-5,9-10,12,14,27-29H,6-8H2,(H2,19,21,22)/t12-,14-,17-,18-/m1/s1. The highest BCUT2D eigenvalue weighted by Crippen LogP contribution is 2.48. The molecule has 0 unspecified atom stereocenters. The maximum Gasteiger partial charge on any atom is 0.220 e. The van der Waals surface area contributed by atoms with Crippen molar-refractivity contribution in [1.29, 1.82) is 0 Å². The van der Waals surface area contributed by atoms with Crippen LogP contribution in [0.3, 0.4) is 0 Å². The van der Waals surface area contributed by atoms with E-state index < -0.39 is 30.3 Å². The highest BCUT2D eigenvalue weighted by atomic mass is 16.6. The fourth-order valence-electron chi connectivity index (χ4n) is 3.91. The zero-order chi connectivity index (χ0) is 21.4. The van der Waals surface area contributed by atoms with Crippen LogP contribution in [0.4, 0.5) is 5.82 Å². The van der Waals surface area contributed by atoms with E-state index >= 15 is 0 Å². The SMILES string of the molecule is [N-]=[N+]=N[C@@]1(O)[C@H](O)[C@@H](CO)O[C@@]1(CCc1ccccc1)n1cnc2c(N)ncnc21.